The van der Waals surface area contributed by atoms with Crippen LogP contribution in [0.25, 0.3) is 0 Å². The maximum Gasteiger partial charge on any atom is 0.0110 e. The molecular formula is C18H35I. The van der Waals surface area contributed by atoms with Crippen LogP contribution in [0.3, 0.4) is 0 Å². The van der Waals surface area contributed by atoms with Crippen LogP contribution in [0.4, 0.5) is 0 Å². The Morgan fingerprint density at radius 2 is 1.16 bits per heavy atom. The van der Waals surface area contributed by atoms with Crippen LogP contribution in [0.1, 0.15) is 103 Å². The van der Waals surface area contributed by atoms with Gasteiger partial charge in [0.1, 0.15) is 0 Å². The second-order valence-corrected chi connectivity index (χ2v) is 8.35. The second kappa shape index (κ2) is 12.5. The summed E-state index contributed by atoms with van der Waals surface area (Å²) in [5.41, 5.74) is 0. The topological polar surface area (TPSA) is 0 Å². The molecule has 0 saturated heterocycles. The average molecular weight is 378 g/mol. The SMILES string of the molecule is CCCCCCCCCCCCC1CCC(I)CC1. The van der Waals surface area contributed by atoms with Crippen molar-refractivity contribution in [3.05, 3.63) is 0 Å². The molecule has 0 spiro atoms. The molecule has 0 aromatic carbocycles. The first-order chi connectivity index (χ1) is 9.33. The Kier molecular flexibility index (Phi) is 11.7. The minimum Gasteiger partial charge on any atom is -0.0826 e. The quantitative estimate of drug-likeness (QED) is 0.201. The molecule has 1 fully saturated rings. The molecule has 1 aliphatic carbocycles. The molecule has 1 aliphatic rings. The number of halogens is 1. The van der Waals surface area contributed by atoms with Crippen LogP contribution in [0.5, 0.6) is 0 Å². The number of hydrogen-bond acceptors (Lipinski definition) is 0. The molecule has 19 heavy (non-hydrogen) atoms. The van der Waals surface area contributed by atoms with Crippen molar-refractivity contribution >= 4 is 22.6 Å². The van der Waals surface area contributed by atoms with Crippen molar-refractivity contribution in [1.82, 2.24) is 0 Å². The van der Waals surface area contributed by atoms with Crippen molar-refractivity contribution in [2.45, 2.75) is 107 Å². The molecular weight excluding hydrogens is 343 g/mol. The van der Waals surface area contributed by atoms with Crippen LogP contribution in [0, 0.1) is 5.92 Å². The van der Waals surface area contributed by atoms with Gasteiger partial charge in [0, 0.05) is 3.92 Å². The van der Waals surface area contributed by atoms with Crippen LogP contribution in [0.2, 0.25) is 0 Å². The van der Waals surface area contributed by atoms with E-state index in [9.17, 15) is 0 Å². The summed E-state index contributed by atoms with van der Waals surface area (Å²) in [5, 5.41) is 0. The van der Waals surface area contributed by atoms with Crippen LogP contribution < -0.4 is 0 Å². The molecule has 0 aromatic rings. The molecule has 0 nitrogen and oxygen atoms in total. The lowest BCUT2D eigenvalue weighted by atomic mass is 9.85. The van der Waals surface area contributed by atoms with E-state index in [2.05, 4.69) is 29.5 Å². The van der Waals surface area contributed by atoms with Gasteiger partial charge in [-0.05, 0) is 31.6 Å². The zero-order valence-corrected chi connectivity index (χ0v) is 15.3. The van der Waals surface area contributed by atoms with Gasteiger partial charge in [-0.15, -0.1) is 0 Å². The summed E-state index contributed by atoms with van der Waals surface area (Å²) in [7, 11) is 0. The summed E-state index contributed by atoms with van der Waals surface area (Å²) >= 11 is 2.64. The molecule has 0 N–H and O–H groups in total. The van der Waals surface area contributed by atoms with E-state index in [-0.39, 0.29) is 0 Å². The van der Waals surface area contributed by atoms with Crippen molar-refractivity contribution in [1.29, 1.82) is 0 Å². The highest BCUT2D eigenvalue weighted by molar-refractivity contribution is 14.1. The molecule has 0 amide bonds. The van der Waals surface area contributed by atoms with Gasteiger partial charge < -0.3 is 0 Å². The number of rotatable bonds is 11. The third-order valence-corrected chi connectivity index (χ3v) is 5.99. The molecule has 0 radical (unpaired) electrons. The Labute approximate surface area is 135 Å². The third-order valence-electron chi connectivity index (χ3n) is 4.74. The van der Waals surface area contributed by atoms with Crippen LogP contribution in [-0.2, 0) is 0 Å². The highest BCUT2D eigenvalue weighted by atomic mass is 127. The monoisotopic (exact) mass is 378 g/mol. The first-order valence-corrected chi connectivity index (χ1v) is 10.2. The zero-order chi connectivity index (χ0) is 13.8. The Morgan fingerprint density at radius 3 is 1.68 bits per heavy atom. The number of alkyl halides is 1. The third kappa shape index (κ3) is 10.1. The Morgan fingerprint density at radius 1 is 0.684 bits per heavy atom. The largest absolute Gasteiger partial charge is 0.0826 e. The summed E-state index contributed by atoms with van der Waals surface area (Å²) in [4.78, 5) is 0. The van der Waals surface area contributed by atoms with Gasteiger partial charge in [-0.1, -0.05) is 100 Å². The predicted molar refractivity (Wildman–Crippen MR) is 96.2 cm³/mol. The van der Waals surface area contributed by atoms with Gasteiger partial charge in [-0.3, -0.25) is 0 Å². The zero-order valence-electron chi connectivity index (χ0n) is 13.1. The molecule has 114 valence electrons. The Hall–Kier alpha value is 0.730. The van der Waals surface area contributed by atoms with Gasteiger partial charge in [0.15, 0.2) is 0 Å². The molecule has 0 aromatic heterocycles. The summed E-state index contributed by atoms with van der Waals surface area (Å²) < 4.78 is 0.988. The Balaban J connectivity index is 1.76. The van der Waals surface area contributed by atoms with E-state index in [1.807, 2.05) is 0 Å². The first kappa shape index (κ1) is 17.8. The molecule has 1 rings (SSSR count). The second-order valence-electron chi connectivity index (χ2n) is 6.59. The lowest BCUT2D eigenvalue weighted by Crippen LogP contribution is -2.13. The molecule has 0 unspecified atom stereocenters. The van der Waals surface area contributed by atoms with Gasteiger partial charge in [0.25, 0.3) is 0 Å². The maximum atomic E-state index is 2.64. The average Bonchev–Trinajstić information content (AvgIpc) is 2.43. The predicted octanol–water partition coefficient (Wildman–Crippen LogP) is 7.29. The summed E-state index contributed by atoms with van der Waals surface area (Å²) in [5.74, 6) is 1.08. The van der Waals surface area contributed by atoms with Gasteiger partial charge >= 0.3 is 0 Å². The lowest BCUT2D eigenvalue weighted by molar-refractivity contribution is 0.338. The van der Waals surface area contributed by atoms with Gasteiger partial charge in [0.05, 0.1) is 0 Å². The van der Waals surface area contributed by atoms with Gasteiger partial charge in [0.2, 0.25) is 0 Å². The number of hydrogen-bond donors (Lipinski definition) is 0. The van der Waals surface area contributed by atoms with Gasteiger partial charge in [-0.2, -0.15) is 0 Å². The summed E-state index contributed by atoms with van der Waals surface area (Å²) in [6.07, 6.45) is 22.3. The maximum absolute atomic E-state index is 2.64. The van der Waals surface area contributed by atoms with Crippen molar-refractivity contribution < 1.29 is 0 Å². The van der Waals surface area contributed by atoms with Crippen LogP contribution in [-0.4, -0.2) is 3.92 Å². The van der Waals surface area contributed by atoms with Gasteiger partial charge in [-0.25, -0.2) is 0 Å². The van der Waals surface area contributed by atoms with Crippen molar-refractivity contribution in [3.8, 4) is 0 Å². The van der Waals surface area contributed by atoms with Crippen LogP contribution >= 0.6 is 22.6 Å². The van der Waals surface area contributed by atoms with E-state index in [4.69, 9.17) is 0 Å². The van der Waals surface area contributed by atoms with E-state index in [1.165, 1.54) is 96.3 Å². The fourth-order valence-corrected chi connectivity index (χ4v) is 4.05. The molecule has 0 aliphatic heterocycles. The summed E-state index contributed by atoms with van der Waals surface area (Å²) in [6.45, 7) is 2.30. The fraction of sp³-hybridized carbons (Fsp3) is 1.00. The normalized spacial score (nSPS) is 23.7. The van der Waals surface area contributed by atoms with Crippen molar-refractivity contribution in [2.75, 3.05) is 0 Å². The minimum absolute atomic E-state index is 0.988. The smallest absolute Gasteiger partial charge is 0.0110 e. The van der Waals surface area contributed by atoms with Crippen molar-refractivity contribution in [2.24, 2.45) is 5.92 Å². The first-order valence-electron chi connectivity index (χ1n) is 8.97. The van der Waals surface area contributed by atoms with E-state index >= 15 is 0 Å². The Bertz CT molecular complexity index is 182. The standard InChI is InChI=1S/C18H35I/c1-2-3-4-5-6-7-8-9-10-11-12-17-13-15-18(19)16-14-17/h17-18H,2-16H2,1H3. The van der Waals surface area contributed by atoms with E-state index in [0.29, 0.717) is 0 Å². The van der Waals surface area contributed by atoms with Crippen molar-refractivity contribution in [3.63, 3.8) is 0 Å². The summed E-state index contributed by atoms with van der Waals surface area (Å²) in [6, 6.07) is 0. The lowest BCUT2D eigenvalue weighted by Gasteiger charge is -2.25. The molecule has 0 bridgehead atoms. The molecule has 1 heteroatoms. The molecule has 1 saturated carbocycles. The van der Waals surface area contributed by atoms with E-state index in [1.54, 1.807) is 0 Å². The molecule has 0 heterocycles. The minimum atomic E-state index is 0.988. The highest BCUT2D eigenvalue weighted by Gasteiger charge is 2.18. The van der Waals surface area contributed by atoms with E-state index in [0.717, 1.165) is 9.84 Å². The highest BCUT2D eigenvalue weighted by Crippen LogP contribution is 2.32. The van der Waals surface area contributed by atoms with Crippen LogP contribution in [0.15, 0.2) is 0 Å². The number of unbranched alkanes of at least 4 members (excludes halogenated alkanes) is 9. The molecule has 0 atom stereocenters. The van der Waals surface area contributed by atoms with E-state index < -0.39 is 0 Å². The fourth-order valence-electron chi connectivity index (χ4n) is 3.33.